The summed E-state index contributed by atoms with van der Waals surface area (Å²) in [5.74, 6) is 0.722. The molecule has 4 nitrogen and oxygen atoms in total. The number of fused-ring (bicyclic) bond motifs is 2. The zero-order chi connectivity index (χ0) is 21.0. The minimum absolute atomic E-state index is 0.0214. The highest BCUT2D eigenvalue weighted by atomic mass is 16.5. The Morgan fingerprint density at radius 1 is 1.31 bits per heavy atom. The Labute approximate surface area is 174 Å². The molecule has 0 fully saturated rings. The maximum Gasteiger partial charge on any atom is 0.264 e. The van der Waals surface area contributed by atoms with Crippen LogP contribution in [0.15, 0.2) is 53.6 Å². The van der Waals surface area contributed by atoms with Crippen LogP contribution < -0.4 is 9.64 Å². The van der Waals surface area contributed by atoms with Gasteiger partial charge in [0.25, 0.3) is 5.91 Å². The number of hydrogen-bond donors (Lipinski definition) is 0. The van der Waals surface area contributed by atoms with Crippen LogP contribution in [0.2, 0.25) is 0 Å². The highest BCUT2D eigenvalue weighted by Crippen LogP contribution is 2.49. The Bertz CT molecular complexity index is 848. The number of benzene rings is 1. The van der Waals surface area contributed by atoms with Crippen molar-refractivity contribution in [3.63, 3.8) is 0 Å². The molecule has 0 aliphatic carbocycles. The molecule has 2 aliphatic rings. The van der Waals surface area contributed by atoms with E-state index in [1.165, 1.54) is 11.1 Å². The lowest BCUT2D eigenvalue weighted by atomic mass is 9.83. The van der Waals surface area contributed by atoms with Crippen LogP contribution in [0.4, 0.5) is 5.69 Å². The molecular weight excluding hydrogens is 362 g/mol. The molecule has 0 aromatic heterocycles. The Balaban J connectivity index is 1.93. The molecule has 1 amide bonds. The minimum atomic E-state index is -0.972. The second kappa shape index (κ2) is 9.00. The third-order valence-corrected chi connectivity index (χ3v) is 5.85. The van der Waals surface area contributed by atoms with E-state index >= 15 is 0 Å². The molecule has 156 valence electrons. The van der Waals surface area contributed by atoms with Gasteiger partial charge in [-0.3, -0.25) is 4.79 Å². The second-order valence-corrected chi connectivity index (χ2v) is 8.26. The Morgan fingerprint density at radius 2 is 2.10 bits per heavy atom. The predicted molar refractivity (Wildman–Crippen MR) is 118 cm³/mol. The number of rotatable bonds is 6. The molecule has 0 saturated heterocycles. The number of nitrogens with zero attached hydrogens (tertiary/aromatic N) is 1. The molecular formula is C25H33NO3. The summed E-state index contributed by atoms with van der Waals surface area (Å²) in [6.07, 6.45) is 11.5. The van der Waals surface area contributed by atoms with Crippen LogP contribution in [0, 0.1) is 5.92 Å². The van der Waals surface area contributed by atoms with Gasteiger partial charge >= 0.3 is 0 Å². The van der Waals surface area contributed by atoms with Gasteiger partial charge in [-0.2, -0.15) is 0 Å². The Morgan fingerprint density at radius 3 is 2.83 bits per heavy atom. The van der Waals surface area contributed by atoms with Crippen LogP contribution in [0.25, 0.3) is 0 Å². The van der Waals surface area contributed by atoms with E-state index in [9.17, 15) is 4.79 Å². The van der Waals surface area contributed by atoms with Gasteiger partial charge in [0, 0.05) is 18.0 Å². The van der Waals surface area contributed by atoms with Gasteiger partial charge in [-0.15, -0.1) is 0 Å². The van der Waals surface area contributed by atoms with Crippen molar-refractivity contribution in [1.82, 2.24) is 0 Å². The van der Waals surface area contributed by atoms with E-state index in [2.05, 4.69) is 52.0 Å². The first-order valence-electron chi connectivity index (χ1n) is 10.5. The number of ether oxygens (including phenoxy) is 2. The van der Waals surface area contributed by atoms with Gasteiger partial charge in [-0.25, -0.2) is 0 Å². The van der Waals surface area contributed by atoms with E-state index in [-0.39, 0.29) is 11.8 Å². The van der Waals surface area contributed by atoms with Gasteiger partial charge in [0.2, 0.25) is 0 Å². The number of amides is 1. The SMILES string of the molecule is COc1ccc2c(c1)[C@@]1(OCCC=C[C@H]1C)C(=O)N2C/C=C(\C)CCC=C(C)C. The highest BCUT2D eigenvalue weighted by molar-refractivity contribution is 6.07. The van der Waals surface area contributed by atoms with Gasteiger partial charge in [0.15, 0.2) is 5.60 Å². The largest absolute Gasteiger partial charge is 0.497 e. The summed E-state index contributed by atoms with van der Waals surface area (Å²) in [5.41, 5.74) is 3.49. The average Bonchev–Trinajstić information content (AvgIpc) is 2.80. The molecule has 2 aliphatic heterocycles. The molecule has 0 radical (unpaired) electrons. The summed E-state index contributed by atoms with van der Waals surface area (Å²) in [6, 6.07) is 5.87. The number of hydrogen-bond acceptors (Lipinski definition) is 3. The normalized spacial score (nSPS) is 23.9. The summed E-state index contributed by atoms with van der Waals surface area (Å²) >= 11 is 0. The fourth-order valence-electron chi connectivity index (χ4n) is 4.15. The van der Waals surface area contributed by atoms with Crippen LogP contribution in [0.5, 0.6) is 5.75 Å². The predicted octanol–water partition coefficient (Wildman–Crippen LogP) is 5.54. The third-order valence-electron chi connectivity index (χ3n) is 5.85. The molecule has 1 aromatic carbocycles. The first-order chi connectivity index (χ1) is 13.9. The van der Waals surface area contributed by atoms with Crippen molar-refractivity contribution >= 4 is 11.6 Å². The average molecular weight is 396 g/mol. The molecule has 2 heterocycles. The third kappa shape index (κ3) is 4.18. The number of allylic oxidation sites excluding steroid dienone is 3. The maximum absolute atomic E-state index is 13.7. The molecule has 1 spiro atoms. The summed E-state index contributed by atoms with van der Waals surface area (Å²) < 4.78 is 11.7. The van der Waals surface area contributed by atoms with E-state index in [0.717, 1.165) is 36.3 Å². The molecule has 0 saturated carbocycles. The lowest BCUT2D eigenvalue weighted by Crippen LogP contribution is -2.46. The van der Waals surface area contributed by atoms with Crippen molar-refractivity contribution in [2.75, 3.05) is 25.2 Å². The van der Waals surface area contributed by atoms with Crippen molar-refractivity contribution < 1.29 is 14.3 Å². The number of methoxy groups -OCH3 is 1. The van der Waals surface area contributed by atoms with Gasteiger partial charge < -0.3 is 14.4 Å². The van der Waals surface area contributed by atoms with E-state index in [1.807, 2.05) is 23.1 Å². The lowest BCUT2D eigenvalue weighted by Gasteiger charge is -2.32. The van der Waals surface area contributed by atoms with Crippen molar-refractivity contribution in [3.8, 4) is 5.75 Å². The molecule has 0 bridgehead atoms. The van der Waals surface area contributed by atoms with Crippen molar-refractivity contribution in [2.45, 2.75) is 52.6 Å². The van der Waals surface area contributed by atoms with Gasteiger partial charge in [0.05, 0.1) is 19.4 Å². The first-order valence-corrected chi connectivity index (χ1v) is 10.5. The summed E-state index contributed by atoms with van der Waals surface area (Å²) in [7, 11) is 1.65. The maximum atomic E-state index is 13.7. The quantitative estimate of drug-likeness (QED) is 0.594. The zero-order valence-corrected chi connectivity index (χ0v) is 18.3. The van der Waals surface area contributed by atoms with Crippen LogP contribution in [-0.4, -0.2) is 26.2 Å². The van der Waals surface area contributed by atoms with Crippen LogP contribution in [-0.2, 0) is 15.1 Å². The van der Waals surface area contributed by atoms with Crippen molar-refractivity contribution in [3.05, 3.63) is 59.2 Å². The molecule has 2 atom stereocenters. The van der Waals surface area contributed by atoms with E-state index < -0.39 is 5.60 Å². The van der Waals surface area contributed by atoms with Gasteiger partial charge in [-0.05, 0) is 58.2 Å². The number of anilines is 1. The Hall–Kier alpha value is -2.33. The van der Waals surface area contributed by atoms with E-state index in [0.29, 0.717) is 13.2 Å². The smallest absolute Gasteiger partial charge is 0.264 e. The fraction of sp³-hybridized carbons (Fsp3) is 0.480. The molecule has 0 N–H and O–H groups in total. The molecule has 0 unspecified atom stereocenters. The summed E-state index contributed by atoms with van der Waals surface area (Å²) in [6.45, 7) is 9.53. The van der Waals surface area contributed by atoms with Crippen molar-refractivity contribution in [1.29, 1.82) is 0 Å². The monoisotopic (exact) mass is 395 g/mol. The second-order valence-electron chi connectivity index (χ2n) is 8.26. The topological polar surface area (TPSA) is 38.8 Å². The van der Waals surface area contributed by atoms with Gasteiger partial charge in [-0.1, -0.05) is 42.4 Å². The number of carbonyl (C=O) groups is 1. The first kappa shape index (κ1) is 21.4. The molecule has 3 rings (SSSR count). The number of carbonyl (C=O) groups excluding carboxylic acids is 1. The van der Waals surface area contributed by atoms with E-state index in [4.69, 9.17) is 9.47 Å². The Kier molecular flexibility index (Phi) is 6.63. The van der Waals surface area contributed by atoms with E-state index in [1.54, 1.807) is 7.11 Å². The highest BCUT2D eigenvalue weighted by Gasteiger charge is 2.55. The van der Waals surface area contributed by atoms with Crippen LogP contribution >= 0.6 is 0 Å². The summed E-state index contributed by atoms with van der Waals surface area (Å²) in [4.78, 5) is 15.6. The summed E-state index contributed by atoms with van der Waals surface area (Å²) in [5, 5.41) is 0. The standard InChI is InChI=1S/C25H33NO3/c1-18(2)9-8-10-19(3)14-15-26-23-13-12-21(28-5)17-22(23)25(24(26)27)20(4)11-6-7-16-29-25/h6,9,11-14,17,20H,7-8,10,15-16H2,1-5H3/b19-14+/t20-,25-/m1/s1. The van der Waals surface area contributed by atoms with Crippen LogP contribution in [0.1, 0.15) is 52.5 Å². The minimum Gasteiger partial charge on any atom is -0.497 e. The molecule has 29 heavy (non-hydrogen) atoms. The lowest BCUT2D eigenvalue weighted by molar-refractivity contribution is -0.148. The molecule has 4 heteroatoms. The zero-order valence-electron chi connectivity index (χ0n) is 18.3. The van der Waals surface area contributed by atoms with Crippen molar-refractivity contribution in [2.24, 2.45) is 5.92 Å². The fourth-order valence-corrected chi connectivity index (χ4v) is 4.15. The molecule has 1 aromatic rings. The van der Waals surface area contributed by atoms with Crippen LogP contribution in [0.3, 0.4) is 0 Å². The van der Waals surface area contributed by atoms with Gasteiger partial charge in [0.1, 0.15) is 5.75 Å².